The molecule has 0 saturated carbocycles. The molecule has 0 aromatic heterocycles. The van der Waals surface area contributed by atoms with E-state index >= 15 is 0 Å². The summed E-state index contributed by atoms with van der Waals surface area (Å²) < 4.78 is 36.1. The summed E-state index contributed by atoms with van der Waals surface area (Å²) in [5.74, 6) is -2.06. The molecular weight excluding hydrogens is 376 g/mol. The van der Waals surface area contributed by atoms with E-state index in [2.05, 4.69) is 14.2 Å². The first-order valence-electron chi connectivity index (χ1n) is 7.96. The van der Waals surface area contributed by atoms with Crippen LogP contribution in [0.25, 0.3) is 0 Å². The molecule has 1 rings (SSSR count). The molecule has 1 N–H and O–H groups in total. The Balaban J connectivity index is 3.07. The molecule has 0 saturated heterocycles. The number of nitrogens with one attached hydrogen (secondary N) is 1. The van der Waals surface area contributed by atoms with Crippen LogP contribution >= 0.6 is 0 Å². The number of rotatable bonds is 7. The van der Waals surface area contributed by atoms with Crippen molar-refractivity contribution < 1.29 is 32.3 Å². The maximum atomic E-state index is 12.6. The molecule has 0 aliphatic carbocycles. The Hall–Kier alpha value is -2.46. The molecule has 0 fully saturated rings. The van der Waals surface area contributed by atoms with Gasteiger partial charge in [-0.25, -0.2) is 13.1 Å². The molecular formula is C17H24N2O7S. The van der Waals surface area contributed by atoms with Crippen molar-refractivity contribution in [1.29, 1.82) is 0 Å². The zero-order valence-electron chi connectivity index (χ0n) is 15.9. The zero-order valence-corrected chi connectivity index (χ0v) is 16.8. The number of sulfonamides is 1. The zero-order chi connectivity index (χ0) is 20.8. The van der Waals surface area contributed by atoms with Crippen LogP contribution < -0.4 is 4.72 Å². The predicted molar refractivity (Wildman–Crippen MR) is 96.5 cm³/mol. The van der Waals surface area contributed by atoms with E-state index in [0.29, 0.717) is 0 Å². The van der Waals surface area contributed by atoms with Gasteiger partial charge in [0.15, 0.2) is 0 Å². The number of amides is 1. The van der Waals surface area contributed by atoms with Crippen LogP contribution in [0.5, 0.6) is 0 Å². The first-order chi connectivity index (χ1) is 12.4. The molecule has 0 unspecified atom stereocenters. The maximum Gasteiger partial charge on any atom is 0.325 e. The van der Waals surface area contributed by atoms with E-state index in [0.717, 1.165) is 19.1 Å². The summed E-state index contributed by atoms with van der Waals surface area (Å²) >= 11 is 0. The van der Waals surface area contributed by atoms with Gasteiger partial charge in [0.05, 0.1) is 19.1 Å². The quantitative estimate of drug-likeness (QED) is 0.664. The average Bonchev–Trinajstić information content (AvgIpc) is 2.58. The SMILES string of the molecule is COC(=O)CN(CC(=O)OC)C(=O)c1ccc(S(=O)(=O)NC(C)(C)C)cc1. The molecule has 150 valence electrons. The number of ether oxygens (including phenoxy) is 2. The van der Waals surface area contributed by atoms with Crippen molar-refractivity contribution >= 4 is 27.9 Å². The van der Waals surface area contributed by atoms with Crippen molar-refractivity contribution in [2.24, 2.45) is 0 Å². The van der Waals surface area contributed by atoms with Crippen LogP contribution in [0.2, 0.25) is 0 Å². The maximum absolute atomic E-state index is 12.6. The second-order valence-electron chi connectivity index (χ2n) is 6.69. The number of carbonyl (C=O) groups is 3. The van der Waals surface area contributed by atoms with E-state index < -0.39 is 46.5 Å². The average molecular weight is 400 g/mol. The highest BCUT2D eigenvalue weighted by molar-refractivity contribution is 7.89. The Morgan fingerprint density at radius 2 is 1.41 bits per heavy atom. The third kappa shape index (κ3) is 6.99. The van der Waals surface area contributed by atoms with E-state index in [1.807, 2.05) is 0 Å². The van der Waals surface area contributed by atoms with Crippen molar-refractivity contribution in [3.8, 4) is 0 Å². The van der Waals surface area contributed by atoms with Gasteiger partial charge in [-0.05, 0) is 45.0 Å². The second-order valence-corrected chi connectivity index (χ2v) is 8.38. The van der Waals surface area contributed by atoms with Crippen LogP contribution in [-0.2, 0) is 29.1 Å². The van der Waals surface area contributed by atoms with Gasteiger partial charge in [0.1, 0.15) is 13.1 Å². The van der Waals surface area contributed by atoms with Gasteiger partial charge in [-0.2, -0.15) is 0 Å². The van der Waals surface area contributed by atoms with Crippen LogP contribution in [0.1, 0.15) is 31.1 Å². The number of esters is 2. The fraction of sp³-hybridized carbons (Fsp3) is 0.471. The third-order valence-corrected chi connectivity index (χ3v) is 5.01. The minimum absolute atomic E-state index is 0.0125. The van der Waals surface area contributed by atoms with E-state index in [-0.39, 0.29) is 10.5 Å². The molecule has 10 heteroatoms. The summed E-state index contributed by atoms with van der Waals surface area (Å²) in [6.45, 7) is 4.23. The number of carbonyl (C=O) groups excluding carboxylic acids is 3. The van der Waals surface area contributed by atoms with Crippen molar-refractivity contribution in [1.82, 2.24) is 9.62 Å². The van der Waals surface area contributed by atoms with Gasteiger partial charge in [0.25, 0.3) is 5.91 Å². The largest absolute Gasteiger partial charge is 0.468 e. The van der Waals surface area contributed by atoms with Gasteiger partial charge in [-0.15, -0.1) is 0 Å². The summed E-state index contributed by atoms with van der Waals surface area (Å²) in [5, 5.41) is 0. The summed E-state index contributed by atoms with van der Waals surface area (Å²) in [5.41, 5.74) is -0.553. The smallest absolute Gasteiger partial charge is 0.325 e. The van der Waals surface area contributed by atoms with Crippen molar-refractivity contribution in [3.05, 3.63) is 29.8 Å². The first kappa shape index (κ1) is 22.6. The second kappa shape index (κ2) is 8.96. The minimum atomic E-state index is -3.75. The normalized spacial score (nSPS) is 11.6. The molecule has 9 nitrogen and oxygen atoms in total. The highest BCUT2D eigenvalue weighted by Crippen LogP contribution is 2.15. The summed E-state index contributed by atoms with van der Waals surface area (Å²) in [6.07, 6.45) is 0. The molecule has 1 amide bonds. The minimum Gasteiger partial charge on any atom is -0.468 e. The lowest BCUT2D eigenvalue weighted by atomic mass is 10.1. The molecule has 0 aliphatic heterocycles. The molecule has 0 heterocycles. The summed E-state index contributed by atoms with van der Waals surface area (Å²) in [7, 11) is -1.43. The fourth-order valence-corrected chi connectivity index (χ4v) is 3.48. The van der Waals surface area contributed by atoms with Gasteiger partial charge < -0.3 is 14.4 Å². The number of methoxy groups -OCH3 is 2. The van der Waals surface area contributed by atoms with Gasteiger partial charge in [-0.3, -0.25) is 14.4 Å². The Bertz CT molecular complexity index is 778. The van der Waals surface area contributed by atoms with Gasteiger partial charge in [0, 0.05) is 11.1 Å². The van der Waals surface area contributed by atoms with E-state index in [9.17, 15) is 22.8 Å². The summed E-state index contributed by atoms with van der Waals surface area (Å²) in [4.78, 5) is 36.5. The molecule has 0 spiro atoms. The number of nitrogens with zero attached hydrogens (tertiary/aromatic N) is 1. The Morgan fingerprint density at radius 3 is 1.78 bits per heavy atom. The molecule has 0 radical (unpaired) electrons. The number of benzene rings is 1. The Kier molecular flexibility index (Phi) is 7.49. The first-order valence-corrected chi connectivity index (χ1v) is 9.45. The molecule has 0 atom stereocenters. The van der Waals surface area contributed by atoms with E-state index in [1.165, 1.54) is 24.3 Å². The molecule has 27 heavy (non-hydrogen) atoms. The molecule has 1 aromatic rings. The van der Waals surface area contributed by atoms with Gasteiger partial charge >= 0.3 is 11.9 Å². The lowest BCUT2D eigenvalue weighted by Crippen LogP contribution is -2.41. The van der Waals surface area contributed by atoms with Crippen molar-refractivity contribution in [2.45, 2.75) is 31.2 Å². The lowest BCUT2D eigenvalue weighted by Gasteiger charge is -2.21. The fourth-order valence-electron chi connectivity index (χ4n) is 2.06. The van der Waals surface area contributed by atoms with Crippen LogP contribution in [0.4, 0.5) is 0 Å². The Morgan fingerprint density at radius 1 is 0.963 bits per heavy atom. The standard InChI is InChI=1S/C17H24N2O7S/c1-17(2,3)18-27(23,24)13-8-6-12(7-9-13)16(22)19(10-14(20)25-4)11-15(21)26-5/h6-9,18H,10-11H2,1-5H3. The highest BCUT2D eigenvalue weighted by atomic mass is 32.2. The van der Waals surface area contributed by atoms with Crippen molar-refractivity contribution in [3.63, 3.8) is 0 Å². The monoisotopic (exact) mass is 400 g/mol. The summed E-state index contributed by atoms with van der Waals surface area (Å²) in [6, 6.07) is 5.16. The lowest BCUT2D eigenvalue weighted by molar-refractivity contribution is -0.144. The Labute approximate surface area is 158 Å². The van der Waals surface area contributed by atoms with Crippen LogP contribution in [0, 0.1) is 0 Å². The van der Waals surface area contributed by atoms with Crippen LogP contribution in [0.15, 0.2) is 29.2 Å². The molecule has 0 aliphatic rings. The van der Waals surface area contributed by atoms with Crippen molar-refractivity contribution in [2.75, 3.05) is 27.3 Å². The number of hydrogen-bond acceptors (Lipinski definition) is 7. The highest BCUT2D eigenvalue weighted by Gasteiger charge is 2.25. The van der Waals surface area contributed by atoms with E-state index in [4.69, 9.17) is 0 Å². The third-order valence-electron chi connectivity index (χ3n) is 3.23. The predicted octanol–water partition coefficient (Wildman–Crippen LogP) is 0.552. The van der Waals surface area contributed by atoms with Gasteiger partial charge in [-0.1, -0.05) is 0 Å². The van der Waals surface area contributed by atoms with E-state index in [1.54, 1.807) is 20.8 Å². The molecule has 1 aromatic carbocycles. The molecule has 0 bridgehead atoms. The topological polar surface area (TPSA) is 119 Å². The number of hydrogen-bond donors (Lipinski definition) is 1. The van der Waals surface area contributed by atoms with Crippen LogP contribution in [0.3, 0.4) is 0 Å². The van der Waals surface area contributed by atoms with Gasteiger partial charge in [0.2, 0.25) is 10.0 Å². The van der Waals surface area contributed by atoms with Crippen LogP contribution in [-0.4, -0.2) is 64.0 Å².